The van der Waals surface area contributed by atoms with E-state index in [2.05, 4.69) is 9.71 Å². The maximum absolute atomic E-state index is 12.0. The molecule has 0 spiro atoms. The zero-order valence-corrected chi connectivity index (χ0v) is 13.3. The highest BCUT2D eigenvalue weighted by Gasteiger charge is 2.11. The highest BCUT2D eigenvalue weighted by molar-refractivity contribution is 7.92. The lowest BCUT2D eigenvalue weighted by Crippen LogP contribution is -2.21. The predicted octanol–water partition coefficient (Wildman–Crippen LogP) is 2.22. The molecular formula is C15H18N2O4S. The molecule has 1 aromatic carbocycles. The maximum atomic E-state index is 12.0. The average molecular weight is 322 g/mol. The summed E-state index contributed by atoms with van der Waals surface area (Å²) in [5.74, 6) is 1.45. The molecule has 0 fully saturated rings. The van der Waals surface area contributed by atoms with E-state index in [-0.39, 0.29) is 12.4 Å². The molecule has 22 heavy (non-hydrogen) atoms. The van der Waals surface area contributed by atoms with E-state index in [1.165, 1.54) is 0 Å². The quantitative estimate of drug-likeness (QED) is 0.846. The molecule has 2 aromatic rings. The molecule has 0 aliphatic rings. The van der Waals surface area contributed by atoms with Crippen LogP contribution in [0.15, 0.2) is 42.6 Å². The van der Waals surface area contributed by atoms with Crippen LogP contribution in [0.5, 0.6) is 11.5 Å². The van der Waals surface area contributed by atoms with Crippen LogP contribution < -0.4 is 14.2 Å². The number of rotatable bonds is 7. The number of pyridine rings is 1. The summed E-state index contributed by atoms with van der Waals surface area (Å²) in [5, 5.41) is 0. The van der Waals surface area contributed by atoms with Crippen molar-refractivity contribution in [2.24, 2.45) is 0 Å². The molecule has 118 valence electrons. The number of ether oxygens (including phenoxy) is 2. The second-order valence-corrected chi connectivity index (χ2v) is 6.51. The average Bonchev–Trinajstić information content (AvgIpc) is 2.47. The number of hydrogen-bond acceptors (Lipinski definition) is 5. The van der Waals surface area contributed by atoms with Gasteiger partial charge in [-0.05, 0) is 48.9 Å². The number of anilines is 1. The van der Waals surface area contributed by atoms with Crippen molar-refractivity contribution in [2.75, 3.05) is 24.2 Å². The minimum atomic E-state index is -3.50. The highest BCUT2D eigenvalue weighted by Crippen LogP contribution is 2.17. The Kier molecular flexibility index (Phi) is 5.21. The lowest BCUT2D eigenvalue weighted by atomic mass is 10.3. The number of nitrogens with one attached hydrogen (secondary N) is 1. The monoisotopic (exact) mass is 322 g/mol. The van der Waals surface area contributed by atoms with Gasteiger partial charge in [0.1, 0.15) is 29.7 Å². The van der Waals surface area contributed by atoms with Gasteiger partial charge in [-0.15, -0.1) is 0 Å². The zero-order valence-electron chi connectivity index (χ0n) is 12.4. The normalized spacial score (nSPS) is 11.0. The Balaban J connectivity index is 1.86. The molecule has 0 amide bonds. The molecular weight excluding hydrogens is 304 g/mol. The van der Waals surface area contributed by atoms with Crippen molar-refractivity contribution >= 4 is 15.8 Å². The smallest absolute Gasteiger partial charge is 0.237 e. The van der Waals surface area contributed by atoms with Crippen LogP contribution >= 0.6 is 0 Å². The van der Waals surface area contributed by atoms with Crippen LogP contribution in [0.4, 0.5) is 5.82 Å². The fourth-order valence-corrected chi connectivity index (χ4v) is 2.58. The predicted molar refractivity (Wildman–Crippen MR) is 84.9 cm³/mol. The Morgan fingerprint density at radius 2 is 1.82 bits per heavy atom. The first kappa shape index (κ1) is 16.1. The van der Waals surface area contributed by atoms with E-state index in [4.69, 9.17) is 9.47 Å². The number of benzene rings is 1. The van der Waals surface area contributed by atoms with E-state index in [9.17, 15) is 8.42 Å². The molecule has 0 radical (unpaired) electrons. The molecule has 7 heteroatoms. The third-order valence-electron chi connectivity index (χ3n) is 2.86. The molecule has 1 heterocycles. The van der Waals surface area contributed by atoms with Crippen LogP contribution in [-0.2, 0) is 10.0 Å². The van der Waals surface area contributed by atoms with Crippen molar-refractivity contribution in [1.82, 2.24) is 4.98 Å². The topological polar surface area (TPSA) is 77.5 Å². The van der Waals surface area contributed by atoms with Gasteiger partial charge in [0.25, 0.3) is 0 Å². The first-order valence-corrected chi connectivity index (χ1v) is 8.34. The van der Waals surface area contributed by atoms with Gasteiger partial charge in [-0.3, -0.25) is 4.72 Å². The maximum Gasteiger partial charge on any atom is 0.237 e. The van der Waals surface area contributed by atoms with E-state index in [1.54, 1.807) is 49.7 Å². The van der Waals surface area contributed by atoms with Gasteiger partial charge < -0.3 is 9.47 Å². The number of aromatic nitrogens is 1. The van der Waals surface area contributed by atoms with Crippen LogP contribution in [0.2, 0.25) is 0 Å². The van der Waals surface area contributed by atoms with Gasteiger partial charge in [0.2, 0.25) is 10.0 Å². The van der Waals surface area contributed by atoms with Crippen LogP contribution in [-0.4, -0.2) is 32.9 Å². The van der Waals surface area contributed by atoms with Crippen molar-refractivity contribution in [3.63, 3.8) is 0 Å². The summed E-state index contributed by atoms with van der Waals surface area (Å²) in [6, 6.07) is 10.4. The summed E-state index contributed by atoms with van der Waals surface area (Å²) in [4.78, 5) is 3.97. The van der Waals surface area contributed by atoms with Gasteiger partial charge >= 0.3 is 0 Å². The lowest BCUT2D eigenvalue weighted by molar-refractivity contribution is 0.340. The van der Waals surface area contributed by atoms with E-state index in [0.717, 1.165) is 5.56 Å². The van der Waals surface area contributed by atoms with Crippen molar-refractivity contribution < 1.29 is 17.9 Å². The van der Waals surface area contributed by atoms with E-state index < -0.39 is 10.0 Å². The van der Waals surface area contributed by atoms with Gasteiger partial charge in [0.15, 0.2) is 0 Å². The van der Waals surface area contributed by atoms with Gasteiger partial charge in [-0.1, -0.05) is 0 Å². The number of nitrogens with zero attached hydrogens (tertiary/aromatic N) is 1. The number of hydrogen-bond donors (Lipinski definition) is 1. The highest BCUT2D eigenvalue weighted by atomic mass is 32.2. The van der Waals surface area contributed by atoms with Crippen LogP contribution in [0.3, 0.4) is 0 Å². The fourth-order valence-electron chi connectivity index (χ4n) is 1.74. The van der Waals surface area contributed by atoms with Gasteiger partial charge in [-0.2, -0.15) is 0 Å². The summed E-state index contributed by atoms with van der Waals surface area (Å²) in [5.41, 5.74) is 0.933. The van der Waals surface area contributed by atoms with Crippen LogP contribution in [0.1, 0.15) is 5.56 Å². The Bertz CT molecular complexity index is 715. The van der Waals surface area contributed by atoms with E-state index in [0.29, 0.717) is 17.3 Å². The van der Waals surface area contributed by atoms with Gasteiger partial charge in [-0.25, -0.2) is 13.4 Å². The molecule has 0 saturated carbocycles. The van der Waals surface area contributed by atoms with Crippen LogP contribution in [0, 0.1) is 6.92 Å². The third kappa shape index (κ3) is 4.92. The summed E-state index contributed by atoms with van der Waals surface area (Å²) in [6.45, 7) is 1.92. The van der Waals surface area contributed by atoms with Crippen molar-refractivity contribution in [3.8, 4) is 11.5 Å². The summed E-state index contributed by atoms with van der Waals surface area (Å²) in [6.07, 6.45) is 1.56. The van der Waals surface area contributed by atoms with Gasteiger partial charge in [0.05, 0.1) is 7.11 Å². The molecule has 2 rings (SSSR count). The number of sulfonamides is 1. The molecule has 0 saturated heterocycles. The second-order valence-electron chi connectivity index (χ2n) is 4.66. The Labute approximate surface area is 130 Å². The fraction of sp³-hybridized carbons (Fsp3) is 0.267. The summed E-state index contributed by atoms with van der Waals surface area (Å²) >= 11 is 0. The van der Waals surface area contributed by atoms with E-state index >= 15 is 0 Å². The Hall–Kier alpha value is -2.28. The van der Waals surface area contributed by atoms with Crippen molar-refractivity contribution in [2.45, 2.75) is 6.92 Å². The number of aryl methyl sites for hydroxylation is 1. The molecule has 0 bridgehead atoms. The molecule has 0 atom stereocenters. The van der Waals surface area contributed by atoms with Crippen LogP contribution in [0.25, 0.3) is 0 Å². The standard InChI is InChI=1S/C15H18N2O4S/c1-12-7-8-16-15(11-12)17-22(18,19)10-9-21-14-5-3-13(20-2)4-6-14/h3-8,11H,9-10H2,1-2H3,(H,16,17). The molecule has 1 N–H and O–H groups in total. The zero-order chi connectivity index (χ0) is 16.0. The molecule has 0 aliphatic heterocycles. The summed E-state index contributed by atoms with van der Waals surface area (Å²) in [7, 11) is -1.92. The number of methoxy groups -OCH3 is 1. The minimum Gasteiger partial charge on any atom is -0.497 e. The Morgan fingerprint density at radius 3 is 2.45 bits per heavy atom. The SMILES string of the molecule is COc1ccc(OCCS(=O)(=O)Nc2cc(C)ccn2)cc1. The van der Waals surface area contributed by atoms with Gasteiger partial charge in [0, 0.05) is 6.20 Å². The van der Waals surface area contributed by atoms with Crippen molar-refractivity contribution in [1.29, 1.82) is 0 Å². The lowest BCUT2D eigenvalue weighted by Gasteiger charge is -2.09. The second kappa shape index (κ2) is 7.13. The molecule has 0 unspecified atom stereocenters. The summed E-state index contributed by atoms with van der Waals surface area (Å²) < 4.78 is 36.8. The van der Waals surface area contributed by atoms with Crippen molar-refractivity contribution in [3.05, 3.63) is 48.2 Å². The molecule has 6 nitrogen and oxygen atoms in total. The first-order valence-electron chi connectivity index (χ1n) is 6.68. The molecule has 0 aliphatic carbocycles. The first-order chi connectivity index (χ1) is 10.5. The Morgan fingerprint density at radius 1 is 1.14 bits per heavy atom. The molecule has 1 aromatic heterocycles. The van der Waals surface area contributed by atoms with E-state index in [1.807, 2.05) is 6.92 Å². The third-order valence-corrected chi connectivity index (χ3v) is 4.08. The minimum absolute atomic E-state index is 0.0491. The largest absolute Gasteiger partial charge is 0.497 e.